The van der Waals surface area contributed by atoms with E-state index in [0.717, 1.165) is 27.7 Å². The predicted molar refractivity (Wildman–Crippen MR) is 160 cm³/mol. The summed E-state index contributed by atoms with van der Waals surface area (Å²) < 4.78 is 11.4. The van der Waals surface area contributed by atoms with Gasteiger partial charge >= 0.3 is 0 Å². The zero-order valence-corrected chi connectivity index (χ0v) is 22.8. The quantitative estimate of drug-likeness (QED) is 0.234. The van der Waals surface area contributed by atoms with Gasteiger partial charge in [-0.2, -0.15) is 0 Å². The van der Waals surface area contributed by atoms with Crippen molar-refractivity contribution in [2.45, 2.75) is 26.2 Å². The molecule has 7 heteroatoms. The molecule has 0 saturated heterocycles. The van der Waals surface area contributed by atoms with Gasteiger partial charge in [-0.15, -0.1) is 10.2 Å². The van der Waals surface area contributed by atoms with E-state index in [9.17, 15) is 0 Å². The SMILES string of the molecule is COc1cnc2c(Oc3ccc(Nc4nnc(-c5ccc(C(C)(C)C)cc5)c5ccccc45)cc3)ccnc2c1. The molecule has 7 nitrogen and oxygen atoms in total. The zero-order chi connectivity index (χ0) is 27.7. The lowest BCUT2D eigenvalue weighted by atomic mass is 9.86. The molecule has 0 bridgehead atoms. The number of methoxy groups -OCH3 is 1. The summed E-state index contributed by atoms with van der Waals surface area (Å²) in [6.45, 7) is 6.64. The summed E-state index contributed by atoms with van der Waals surface area (Å²) in [5.41, 5.74) is 5.53. The first-order valence-electron chi connectivity index (χ1n) is 13.1. The summed E-state index contributed by atoms with van der Waals surface area (Å²) >= 11 is 0. The second kappa shape index (κ2) is 10.3. The van der Waals surface area contributed by atoms with Gasteiger partial charge in [-0.05, 0) is 35.2 Å². The molecule has 0 amide bonds. The van der Waals surface area contributed by atoms with Crippen LogP contribution in [0, 0.1) is 0 Å². The molecule has 0 aliphatic carbocycles. The van der Waals surface area contributed by atoms with Gasteiger partial charge in [-0.3, -0.25) is 4.98 Å². The largest absolute Gasteiger partial charge is 0.495 e. The number of hydrogen-bond donors (Lipinski definition) is 1. The van der Waals surface area contributed by atoms with Crippen molar-refractivity contribution in [3.63, 3.8) is 0 Å². The molecular formula is C33H29N5O2. The van der Waals surface area contributed by atoms with Crippen LogP contribution in [0.4, 0.5) is 11.5 Å². The smallest absolute Gasteiger partial charge is 0.161 e. The summed E-state index contributed by atoms with van der Waals surface area (Å²) in [5, 5.41) is 14.7. The average Bonchev–Trinajstić information content (AvgIpc) is 2.98. The van der Waals surface area contributed by atoms with Gasteiger partial charge in [0.15, 0.2) is 11.6 Å². The molecule has 3 heterocycles. The minimum atomic E-state index is 0.0950. The molecule has 0 aliphatic heterocycles. The average molecular weight is 528 g/mol. The molecule has 0 atom stereocenters. The number of nitrogens with zero attached hydrogens (tertiary/aromatic N) is 4. The van der Waals surface area contributed by atoms with E-state index in [1.807, 2.05) is 42.5 Å². The highest BCUT2D eigenvalue weighted by Gasteiger charge is 2.15. The van der Waals surface area contributed by atoms with Crippen LogP contribution in [0.15, 0.2) is 97.3 Å². The van der Waals surface area contributed by atoms with E-state index >= 15 is 0 Å². The Labute approximate surface area is 232 Å². The van der Waals surface area contributed by atoms with E-state index in [4.69, 9.17) is 9.47 Å². The number of hydrogen-bond acceptors (Lipinski definition) is 7. The Kier molecular flexibility index (Phi) is 6.48. The van der Waals surface area contributed by atoms with Crippen LogP contribution in [-0.4, -0.2) is 27.3 Å². The molecule has 0 spiro atoms. The number of aromatic nitrogens is 4. The minimum Gasteiger partial charge on any atom is -0.495 e. The van der Waals surface area contributed by atoms with Gasteiger partial charge in [-0.25, -0.2) is 4.98 Å². The first-order valence-corrected chi connectivity index (χ1v) is 13.1. The van der Waals surface area contributed by atoms with Gasteiger partial charge in [0.05, 0.1) is 18.8 Å². The van der Waals surface area contributed by atoms with Crippen LogP contribution in [0.2, 0.25) is 0 Å². The van der Waals surface area contributed by atoms with Crippen molar-refractivity contribution >= 4 is 33.3 Å². The van der Waals surface area contributed by atoms with Crippen molar-refractivity contribution in [2.24, 2.45) is 0 Å². The van der Waals surface area contributed by atoms with Crippen molar-refractivity contribution in [2.75, 3.05) is 12.4 Å². The van der Waals surface area contributed by atoms with Crippen LogP contribution in [0.25, 0.3) is 33.1 Å². The van der Waals surface area contributed by atoms with Gasteiger partial charge < -0.3 is 14.8 Å². The van der Waals surface area contributed by atoms with Gasteiger partial charge in [0.1, 0.15) is 22.7 Å². The first-order chi connectivity index (χ1) is 19.4. The highest BCUT2D eigenvalue weighted by Crippen LogP contribution is 2.34. The van der Waals surface area contributed by atoms with Gasteiger partial charge in [0.2, 0.25) is 0 Å². The maximum atomic E-state index is 6.14. The second-order valence-electron chi connectivity index (χ2n) is 10.6. The van der Waals surface area contributed by atoms with Crippen LogP contribution < -0.4 is 14.8 Å². The lowest BCUT2D eigenvalue weighted by molar-refractivity contribution is 0.413. The van der Waals surface area contributed by atoms with Crippen LogP contribution in [0.5, 0.6) is 17.2 Å². The molecule has 6 rings (SSSR count). The zero-order valence-electron chi connectivity index (χ0n) is 22.8. The summed E-state index contributed by atoms with van der Waals surface area (Å²) in [5.74, 6) is 2.64. The number of rotatable bonds is 6. The molecule has 198 valence electrons. The van der Waals surface area contributed by atoms with Crippen LogP contribution in [-0.2, 0) is 5.41 Å². The van der Waals surface area contributed by atoms with Crippen molar-refractivity contribution in [3.05, 3.63) is 103 Å². The molecule has 3 aromatic carbocycles. The third-order valence-corrected chi connectivity index (χ3v) is 6.81. The van der Waals surface area contributed by atoms with Crippen molar-refractivity contribution < 1.29 is 9.47 Å². The Hall–Kier alpha value is -5.04. The van der Waals surface area contributed by atoms with Crippen molar-refractivity contribution in [3.8, 4) is 28.5 Å². The summed E-state index contributed by atoms with van der Waals surface area (Å²) in [6, 6.07) is 28.1. The summed E-state index contributed by atoms with van der Waals surface area (Å²) in [6.07, 6.45) is 3.35. The van der Waals surface area contributed by atoms with Crippen molar-refractivity contribution in [1.82, 2.24) is 20.2 Å². The number of ether oxygens (including phenoxy) is 2. The lowest BCUT2D eigenvalue weighted by Crippen LogP contribution is -2.10. The predicted octanol–water partition coefficient (Wildman–Crippen LogP) is 8.08. The molecule has 0 radical (unpaired) electrons. The van der Waals surface area contributed by atoms with E-state index in [1.165, 1.54) is 5.56 Å². The van der Waals surface area contributed by atoms with Gasteiger partial charge in [0.25, 0.3) is 0 Å². The normalized spacial score (nSPS) is 11.5. The van der Waals surface area contributed by atoms with Crippen molar-refractivity contribution in [1.29, 1.82) is 0 Å². The third-order valence-electron chi connectivity index (χ3n) is 6.81. The second-order valence-corrected chi connectivity index (χ2v) is 10.6. The molecule has 0 saturated carbocycles. The molecule has 0 fully saturated rings. The molecule has 1 N–H and O–H groups in total. The van der Waals surface area contributed by atoms with E-state index in [-0.39, 0.29) is 5.41 Å². The third kappa shape index (κ3) is 5.01. The molecular weight excluding hydrogens is 498 g/mol. The summed E-state index contributed by atoms with van der Waals surface area (Å²) in [7, 11) is 1.60. The Morgan fingerprint density at radius 3 is 2.23 bits per heavy atom. The first kappa shape index (κ1) is 25.2. The Morgan fingerprint density at radius 1 is 0.750 bits per heavy atom. The Bertz CT molecular complexity index is 1810. The highest BCUT2D eigenvalue weighted by molar-refractivity contribution is 6.00. The van der Waals surface area contributed by atoms with Gasteiger partial charge in [-0.1, -0.05) is 69.3 Å². The van der Waals surface area contributed by atoms with Gasteiger partial charge in [0, 0.05) is 40.4 Å². The minimum absolute atomic E-state index is 0.0950. The number of pyridine rings is 2. The Balaban J connectivity index is 1.25. The number of nitrogens with one attached hydrogen (secondary N) is 1. The maximum absolute atomic E-state index is 6.14. The monoisotopic (exact) mass is 527 g/mol. The van der Waals surface area contributed by atoms with Crippen LogP contribution in [0.3, 0.4) is 0 Å². The van der Waals surface area contributed by atoms with E-state index in [2.05, 4.69) is 82.7 Å². The van der Waals surface area contributed by atoms with E-state index in [0.29, 0.717) is 34.1 Å². The lowest BCUT2D eigenvalue weighted by Gasteiger charge is -2.19. The van der Waals surface area contributed by atoms with E-state index in [1.54, 1.807) is 25.6 Å². The Morgan fingerprint density at radius 2 is 1.50 bits per heavy atom. The standard InChI is InChI=1S/C33H29N5O2/c1-33(2,3)22-11-9-21(10-12-22)30-26-7-5-6-8-27(26)32(38-37-30)36-23-13-15-24(16-14-23)40-29-17-18-34-28-19-25(39-4)20-35-31(28)29/h5-20H,1-4H3,(H,36,38). The maximum Gasteiger partial charge on any atom is 0.161 e. The van der Waals surface area contributed by atoms with E-state index < -0.39 is 0 Å². The number of anilines is 2. The molecule has 40 heavy (non-hydrogen) atoms. The fraction of sp³-hybridized carbons (Fsp3) is 0.152. The molecule has 6 aromatic rings. The molecule has 3 aromatic heterocycles. The molecule has 0 aliphatic rings. The number of benzene rings is 3. The summed E-state index contributed by atoms with van der Waals surface area (Å²) in [4.78, 5) is 8.83. The number of fused-ring (bicyclic) bond motifs is 2. The van der Waals surface area contributed by atoms with Crippen LogP contribution in [0.1, 0.15) is 26.3 Å². The highest BCUT2D eigenvalue weighted by atomic mass is 16.5. The fourth-order valence-corrected chi connectivity index (χ4v) is 4.59. The molecule has 0 unspecified atom stereocenters. The fourth-order valence-electron chi connectivity index (χ4n) is 4.59. The van der Waals surface area contributed by atoms with Crippen LogP contribution >= 0.6 is 0 Å². The topological polar surface area (TPSA) is 82.0 Å².